The van der Waals surface area contributed by atoms with Gasteiger partial charge in [-0.2, -0.15) is 0 Å². The van der Waals surface area contributed by atoms with Gasteiger partial charge in [-0.25, -0.2) is 4.98 Å². The number of amides is 1. The van der Waals surface area contributed by atoms with Crippen LogP contribution in [0.3, 0.4) is 0 Å². The first-order valence-electron chi connectivity index (χ1n) is 13.9. The van der Waals surface area contributed by atoms with E-state index in [1.165, 1.54) is 0 Å². The predicted octanol–water partition coefficient (Wildman–Crippen LogP) is 6.08. The quantitative estimate of drug-likeness (QED) is 0.183. The third-order valence-corrected chi connectivity index (χ3v) is 8.01. The van der Waals surface area contributed by atoms with Crippen LogP contribution in [0.2, 0.25) is 10.0 Å². The third kappa shape index (κ3) is 6.19. The number of H-pyrrole nitrogens is 1. The molecule has 9 heteroatoms. The standard InChI is InChI=1S/C32H32Cl2N6O/c33-24-9-7-22(8-10-24)20-40-21-37-29(23-5-2-1-3-6-23)31(40)28-26-12-11-25(34)19-27(26)38-30(28)32(41)36-13-4-16-39-17-14-35-15-18-39/h1-3,5-12,19,21,35,38H,4,13-18,20H2,(H,36,41). The van der Waals surface area contributed by atoms with Gasteiger partial charge in [0.2, 0.25) is 0 Å². The van der Waals surface area contributed by atoms with E-state index >= 15 is 0 Å². The molecular formula is C32H32Cl2N6O. The summed E-state index contributed by atoms with van der Waals surface area (Å²) < 4.78 is 2.10. The number of carbonyl (C=O) groups is 1. The van der Waals surface area contributed by atoms with Gasteiger partial charge in [-0.15, -0.1) is 0 Å². The SMILES string of the molecule is O=C(NCCCN1CCNCC1)c1[nH]c2cc(Cl)ccc2c1-c1c(-c2ccccc2)ncn1Cc1ccc(Cl)cc1. The van der Waals surface area contributed by atoms with Crippen LogP contribution in [0.4, 0.5) is 0 Å². The second-order valence-corrected chi connectivity index (χ2v) is 11.2. The Hall–Kier alpha value is -3.62. The number of aromatic nitrogens is 3. The summed E-state index contributed by atoms with van der Waals surface area (Å²) in [5.74, 6) is -0.147. The summed E-state index contributed by atoms with van der Waals surface area (Å²) in [6.07, 6.45) is 2.73. The summed E-state index contributed by atoms with van der Waals surface area (Å²) in [7, 11) is 0. The van der Waals surface area contributed by atoms with Crippen LogP contribution in [0.5, 0.6) is 0 Å². The maximum Gasteiger partial charge on any atom is 0.268 e. The zero-order valence-electron chi connectivity index (χ0n) is 22.7. The lowest BCUT2D eigenvalue weighted by molar-refractivity contribution is 0.0947. The first-order chi connectivity index (χ1) is 20.1. The van der Waals surface area contributed by atoms with Crippen molar-refractivity contribution in [3.63, 3.8) is 0 Å². The molecule has 0 spiro atoms. The molecule has 0 unspecified atom stereocenters. The average molecular weight is 588 g/mol. The number of nitrogens with zero attached hydrogens (tertiary/aromatic N) is 3. The molecule has 1 amide bonds. The van der Waals surface area contributed by atoms with Crippen molar-refractivity contribution >= 4 is 40.0 Å². The Balaban J connectivity index is 1.39. The Morgan fingerprint density at radius 3 is 2.49 bits per heavy atom. The number of carbonyl (C=O) groups excluding carboxylic acids is 1. The van der Waals surface area contributed by atoms with E-state index in [0.717, 1.165) is 78.1 Å². The van der Waals surface area contributed by atoms with E-state index in [0.29, 0.717) is 28.8 Å². The van der Waals surface area contributed by atoms with Crippen molar-refractivity contribution in [2.24, 2.45) is 0 Å². The van der Waals surface area contributed by atoms with Crippen LogP contribution in [0, 0.1) is 0 Å². The van der Waals surface area contributed by atoms with Gasteiger partial charge in [0.15, 0.2) is 0 Å². The predicted molar refractivity (Wildman–Crippen MR) is 167 cm³/mol. The first-order valence-corrected chi connectivity index (χ1v) is 14.7. The minimum Gasteiger partial charge on any atom is -0.351 e. The maximum absolute atomic E-state index is 13.8. The molecule has 41 heavy (non-hydrogen) atoms. The Bertz CT molecular complexity index is 1640. The molecule has 1 aliphatic rings. The van der Waals surface area contributed by atoms with Crippen LogP contribution in [0.15, 0.2) is 79.1 Å². The number of imidazole rings is 1. The van der Waals surface area contributed by atoms with Crippen molar-refractivity contribution in [3.05, 3.63) is 100 Å². The number of hydrogen-bond acceptors (Lipinski definition) is 4. The number of benzene rings is 3. The fourth-order valence-corrected chi connectivity index (χ4v) is 5.77. The molecule has 2 aromatic heterocycles. The van der Waals surface area contributed by atoms with Crippen LogP contribution < -0.4 is 10.6 Å². The zero-order chi connectivity index (χ0) is 28.2. The van der Waals surface area contributed by atoms with E-state index in [1.807, 2.05) is 79.1 Å². The molecule has 3 aromatic carbocycles. The highest BCUT2D eigenvalue weighted by Gasteiger charge is 2.26. The summed E-state index contributed by atoms with van der Waals surface area (Å²) in [5, 5.41) is 8.75. The summed E-state index contributed by atoms with van der Waals surface area (Å²) in [6.45, 7) is 6.23. The van der Waals surface area contributed by atoms with Gasteiger partial charge in [0.25, 0.3) is 5.91 Å². The fourth-order valence-electron chi connectivity index (χ4n) is 5.47. The smallest absolute Gasteiger partial charge is 0.268 e. The van der Waals surface area contributed by atoms with E-state index in [1.54, 1.807) is 0 Å². The van der Waals surface area contributed by atoms with Crippen LogP contribution in [0.25, 0.3) is 33.4 Å². The number of piperazine rings is 1. The highest BCUT2D eigenvalue weighted by molar-refractivity contribution is 6.31. The van der Waals surface area contributed by atoms with E-state index in [2.05, 4.69) is 25.1 Å². The normalized spacial score (nSPS) is 14.0. The van der Waals surface area contributed by atoms with Crippen molar-refractivity contribution < 1.29 is 4.79 Å². The maximum atomic E-state index is 13.8. The summed E-state index contributed by atoms with van der Waals surface area (Å²) >= 11 is 12.5. The van der Waals surface area contributed by atoms with E-state index in [9.17, 15) is 4.79 Å². The van der Waals surface area contributed by atoms with Gasteiger partial charge in [0, 0.05) is 71.3 Å². The molecular weight excluding hydrogens is 555 g/mol. The van der Waals surface area contributed by atoms with Crippen molar-refractivity contribution in [2.45, 2.75) is 13.0 Å². The average Bonchev–Trinajstić information content (AvgIpc) is 3.58. The van der Waals surface area contributed by atoms with Crippen molar-refractivity contribution in [2.75, 3.05) is 39.3 Å². The number of fused-ring (bicyclic) bond motifs is 1. The van der Waals surface area contributed by atoms with Gasteiger partial charge in [-0.3, -0.25) is 4.79 Å². The number of halogens is 2. The molecule has 3 N–H and O–H groups in total. The number of nitrogens with one attached hydrogen (secondary N) is 3. The van der Waals surface area contributed by atoms with E-state index < -0.39 is 0 Å². The lowest BCUT2D eigenvalue weighted by Crippen LogP contribution is -2.44. The summed E-state index contributed by atoms with van der Waals surface area (Å²) in [4.78, 5) is 24.5. The lowest BCUT2D eigenvalue weighted by Gasteiger charge is -2.27. The molecule has 0 bridgehead atoms. The fraction of sp³-hybridized carbons (Fsp3) is 0.250. The molecule has 0 saturated carbocycles. The molecule has 0 radical (unpaired) electrons. The van der Waals surface area contributed by atoms with E-state index in [-0.39, 0.29) is 5.91 Å². The Kier molecular flexibility index (Phi) is 8.39. The second kappa shape index (κ2) is 12.5. The second-order valence-electron chi connectivity index (χ2n) is 10.3. The first kappa shape index (κ1) is 27.5. The highest BCUT2D eigenvalue weighted by atomic mass is 35.5. The number of aromatic amines is 1. The topological polar surface area (TPSA) is 78.0 Å². The van der Waals surface area contributed by atoms with Gasteiger partial charge in [-0.1, -0.05) is 71.7 Å². The third-order valence-electron chi connectivity index (χ3n) is 7.52. The van der Waals surface area contributed by atoms with Gasteiger partial charge < -0.3 is 25.1 Å². The Morgan fingerprint density at radius 1 is 0.951 bits per heavy atom. The molecule has 5 aromatic rings. The molecule has 3 heterocycles. The molecule has 210 valence electrons. The number of hydrogen-bond donors (Lipinski definition) is 3. The van der Waals surface area contributed by atoms with Gasteiger partial charge >= 0.3 is 0 Å². The Morgan fingerprint density at radius 2 is 1.71 bits per heavy atom. The largest absolute Gasteiger partial charge is 0.351 e. The van der Waals surface area contributed by atoms with Crippen LogP contribution in [-0.4, -0.2) is 64.6 Å². The Labute approximate surface area is 249 Å². The van der Waals surface area contributed by atoms with E-state index in [4.69, 9.17) is 28.2 Å². The molecule has 1 saturated heterocycles. The van der Waals surface area contributed by atoms with Crippen molar-refractivity contribution in [1.82, 2.24) is 30.1 Å². The van der Waals surface area contributed by atoms with Crippen molar-refractivity contribution in [3.8, 4) is 22.5 Å². The van der Waals surface area contributed by atoms with Gasteiger partial charge in [0.1, 0.15) is 5.69 Å². The van der Waals surface area contributed by atoms with Crippen LogP contribution in [-0.2, 0) is 6.54 Å². The molecule has 7 nitrogen and oxygen atoms in total. The monoisotopic (exact) mass is 586 g/mol. The van der Waals surface area contributed by atoms with Crippen LogP contribution >= 0.6 is 23.2 Å². The molecule has 1 fully saturated rings. The minimum atomic E-state index is -0.147. The zero-order valence-corrected chi connectivity index (χ0v) is 24.2. The minimum absolute atomic E-state index is 0.147. The highest BCUT2D eigenvalue weighted by Crippen LogP contribution is 2.39. The summed E-state index contributed by atoms with van der Waals surface area (Å²) in [5.41, 5.74) is 5.84. The molecule has 6 rings (SSSR count). The lowest BCUT2D eigenvalue weighted by atomic mass is 10.0. The molecule has 0 atom stereocenters. The van der Waals surface area contributed by atoms with Crippen LogP contribution in [0.1, 0.15) is 22.5 Å². The molecule has 0 aliphatic carbocycles. The van der Waals surface area contributed by atoms with Crippen molar-refractivity contribution in [1.29, 1.82) is 0 Å². The number of rotatable bonds is 9. The van der Waals surface area contributed by atoms with Gasteiger partial charge in [-0.05, 0) is 42.8 Å². The summed E-state index contributed by atoms with van der Waals surface area (Å²) in [6, 6.07) is 23.6. The van der Waals surface area contributed by atoms with Gasteiger partial charge in [0.05, 0.1) is 17.7 Å². The molecule has 1 aliphatic heterocycles.